The van der Waals surface area contributed by atoms with E-state index < -0.39 is 21.2 Å². The molecule has 0 saturated carbocycles. The van der Waals surface area contributed by atoms with Gasteiger partial charge in [0.1, 0.15) is 5.75 Å². The Morgan fingerprint density at radius 2 is 1.26 bits per heavy atom. The van der Waals surface area contributed by atoms with Crippen LogP contribution in [0.25, 0.3) is 0 Å². The summed E-state index contributed by atoms with van der Waals surface area (Å²) in [5.74, 6) is 0.956. The van der Waals surface area contributed by atoms with Crippen LogP contribution in [0.3, 0.4) is 0 Å². The van der Waals surface area contributed by atoms with Crippen molar-refractivity contribution in [3.63, 3.8) is 0 Å². The van der Waals surface area contributed by atoms with E-state index in [2.05, 4.69) is 0 Å². The minimum atomic E-state index is -0.745. The first-order valence-corrected chi connectivity index (χ1v) is 6.77. The van der Waals surface area contributed by atoms with Crippen molar-refractivity contribution < 1.29 is 14.6 Å². The summed E-state index contributed by atoms with van der Waals surface area (Å²) in [4.78, 5) is 19.5. The SMILES string of the molecule is COc1ccccc1C.Cc1cc([N+](=O)[O-])c([N+](=O)[O-])cc1C. The van der Waals surface area contributed by atoms with Gasteiger partial charge in [-0.3, -0.25) is 20.2 Å². The molecule has 2 aromatic rings. The van der Waals surface area contributed by atoms with E-state index in [4.69, 9.17) is 4.74 Å². The van der Waals surface area contributed by atoms with Crippen LogP contribution in [0.4, 0.5) is 11.4 Å². The summed E-state index contributed by atoms with van der Waals surface area (Å²) in [5.41, 5.74) is 1.60. The van der Waals surface area contributed by atoms with Crippen molar-refractivity contribution in [2.75, 3.05) is 7.11 Å². The highest BCUT2D eigenvalue weighted by Crippen LogP contribution is 2.29. The first-order chi connectivity index (χ1) is 10.8. The molecule has 7 heteroatoms. The average Bonchev–Trinajstić information content (AvgIpc) is 2.50. The van der Waals surface area contributed by atoms with Gasteiger partial charge in [0.25, 0.3) is 0 Å². The maximum absolute atomic E-state index is 10.5. The molecule has 0 bridgehead atoms. The van der Waals surface area contributed by atoms with E-state index in [0.29, 0.717) is 11.1 Å². The second kappa shape index (κ2) is 7.88. The second-order valence-electron chi connectivity index (χ2n) is 4.91. The Balaban J connectivity index is 0.000000253. The number of aryl methyl sites for hydroxylation is 3. The molecule has 0 heterocycles. The molecule has 0 radical (unpaired) electrons. The standard InChI is InChI=1S/C8H8N2O4.C8H10O/c1-5-3-7(9(11)12)8(10(13)14)4-6(5)2;1-7-5-3-4-6-8(7)9-2/h3-4H,1-2H3;3-6H,1-2H3. The van der Waals surface area contributed by atoms with Gasteiger partial charge in [-0.2, -0.15) is 0 Å². The largest absolute Gasteiger partial charge is 0.496 e. The molecular weight excluding hydrogens is 300 g/mol. The van der Waals surface area contributed by atoms with Gasteiger partial charge >= 0.3 is 11.4 Å². The van der Waals surface area contributed by atoms with E-state index in [-0.39, 0.29) is 0 Å². The third-order valence-corrected chi connectivity index (χ3v) is 3.30. The van der Waals surface area contributed by atoms with Gasteiger partial charge in [-0.25, -0.2) is 0 Å². The highest BCUT2D eigenvalue weighted by molar-refractivity contribution is 5.56. The fraction of sp³-hybridized carbons (Fsp3) is 0.250. The number of hydrogen-bond acceptors (Lipinski definition) is 5. The Morgan fingerprint density at radius 3 is 1.57 bits per heavy atom. The van der Waals surface area contributed by atoms with Crippen LogP contribution in [-0.4, -0.2) is 17.0 Å². The molecule has 2 aromatic carbocycles. The molecule has 0 fully saturated rings. The highest BCUT2D eigenvalue weighted by Gasteiger charge is 2.24. The molecule has 0 atom stereocenters. The number of hydrogen-bond donors (Lipinski definition) is 0. The van der Waals surface area contributed by atoms with Gasteiger partial charge in [0, 0.05) is 12.1 Å². The van der Waals surface area contributed by atoms with Gasteiger partial charge in [0.15, 0.2) is 0 Å². The van der Waals surface area contributed by atoms with Gasteiger partial charge in [-0.15, -0.1) is 0 Å². The molecule has 0 N–H and O–H groups in total. The normalized spacial score (nSPS) is 9.57. The van der Waals surface area contributed by atoms with Gasteiger partial charge in [-0.05, 0) is 43.5 Å². The Hall–Kier alpha value is -2.96. The molecule has 122 valence electrons. The van der Waals surface area contributed by atoms with Crippen LogP contribution < -0.4 is 4.74 Å². The van der Waals surface area contributed by atoms with E-state index in [1.807, 2.05) is 31.2 Å². The van der Waals surface area contributed by atoms with Crippen LogP contribution in [0.1, 0.15) is 16.7 Å². The Labute approximate surface area is 133 Å². The number of ether oxygens (including phenoxy) is 1. The minimum Gasteiger partial charge on any atom is -0.496 e. The summed E-state index contributed by atoms with van der Waals surface area (Å²) in [5, 5.41) is 21.0. The van der Waals surface area contributed by atoms with E-state index >= 15 is 0 Å². The number of methoxy groups -OCH3 is 1. The first-order valence-electron chi connectivity index (χ1n) is 6.77. The van der Waals surface area contributed by atoms with E-state index in [1.54, 1.807) is 21.0 Å². The Morgan fingerprint density at radius 1 is 0.826 bits per heavy atom. The van der Waals surface area contributed by atoms with E-state index in [0.717, 1.165) is 5.75 Å². The fourth-order valence-corrected chi connectivity index (χ4v) is 1.86. The quantitative estimate of drug-likeness (QED) is 0.626. The van der Waals surface area contributed by atoms with Crippen molar-refractivity contribution in [2.45, 2.75) is 20.8 Å². The van der Waals surface area contributed by atoms with Crippen molar-refractivity contribution in [3.8, 4) is 5.75 Å². The van der Waals surface area contributed by atoms with Crippen molar-refractivity contribution in [1.82, 2.24) is 0 Å². The monoisotopic (exact) mass is 318 g/mol. The molecule has 0 amide bonds. The third kappa shape index (κ3) is 4.77. The lowest BCUT2D eigenvalue weighted by Crippen LogP contribution is -1.98. The summed E-state index contributed by atoms with van der Waals surface area (Å²) in [7, 11) is 1.68. The zero-order chi connectivity index (χ0) is 17.6. The number of benzene rings is 2. The molecule has 0 unspecified atom stereocenters. The predicted octanol–water partition coefficient (Wildman–Crippen LogP) is 4.12. The highest BCUT2D eigenvalue weighted by atomic mass is 16.6. The fourth-order valence-electron chi connectivity index (χ4n) is 1.86. The van der Waals surface area contributed by atoms with Crippen LogP contribution >= 0.6 is 0 Å². The summed E-state index contributed by atoms with van der Waals surface area (Å²) in [6, 6.07) is 10.4. The van der Waals surface area contributed by atoms with Gasteiger partial charge in [0.2, 0.25) is 0 Å². The summed E-state index contributed by atoms with van der Waals surface area (Å²) in [6.07, 6.45) is 0. The average molecular weight is 318 g/mol. The number of nitro benzene ring substituents is 2. The maximum Gasteiger partial charge on any atom is 0.346 e. The molecule has 0 spiro atoms. The molecule has 23 heavy (non-hydrogen) atoms. The zero-order valence-electron chi connectivity index (χ0n) is 13.4. The molecule has 0 aliphatic rings. The van der Waals surface area contributed by atoms with Crippen molar-refractivity contribution >= 4 is 11.4 Å². The van der Waals surface area contributed by atoms with Gasteiger partial charge in [-0.1, -0.05) is 18.2 Å². The topological polar surface area (TPSA) is 95.5 Å². The summed E-state index contributed by atoms with van der Waals surface area (Å²) < 4.78 is 5.04. The second-order valence-corrected chi connectivity index (χ2v) is 4.91. The third-order valence-electron chi connectivity index (χ3n) is 3.30. The van der Waals surface area contributed by atoms with E-state index in [1.165, 1.54) is 17.7 Å². The predicted molar refractivity (Wildman–Crippen MR) is 87.0 cm³/mol. The molecular formula is C16H18N2O5. The zero-order valence-corrected chi connectivity index (χ0v) is 13.4. The van der Waals surface area contributed by atoms with Crippen LogP contribution in [0.5, 0.6) is 5.75 Å². The smallest absolute Gasteiger partial charge is 0.346 e. The number of nitro groups is 2. The molecule has 0 aliphatic heterocycles. The molecule has 0 saturated heterocycles. The lowest BCUT2D eigenvalue weighted by atomic mass is 10.1. The Bertz CT molecular complexity index is 689. The molecule has 0 aliphatic carbocycles. The summed E-state index contributed by atoms with van der Waals surface area (Å²) in [6.45, 7) is 5.37. The maximum atomic E-state index is 10.5. The minimum absolute atomic E-state index is 0.460. The van der Waals surface area contributed by atoms with Crippen molar-refractivity contribution in [2.24, 2.45) is 0 Å². The Kier molecular flexibility index (Phi) is 6.20. The van der Waals surface area contributed by atoms with E-state index in [9.17, 15) is 20.2 Å². The van der Waals surface area contributed by atoms with Crippen LogP contribution in [-0.2, 0) is 0 Å². The van der Waals surface area contributed by atoms with Crippen LogP contribution in [0.15, 0.2) is 36.4 Å². The van der Waals surface area contributed by atoms with Crippen molar-refractivity contribution in [3.05, 3.63) is 73.3 Å². The first kappa shape index (κ1) is 18.1. The van der Waals surface area contributed by atoms with Gasteiger partial charge in [0.05, 0.1) is 17.0 Å². The summed E-state index contributed by atoms with van der Waals surface area (Å²) >= 11 is 0. The van der Waals surface area contributed by atoms with Crippen molar-refractivity contribution in [1.29, 1.82) is 0 Å². The van der Waals surface area contributed by atoms with Gasteiger partial charge < -0.3 is 4.74 Å². The number of nitrogens with zero attached hydrogens (tertiary/aromatic N) is 2. The number of rotatable bonds is 3. The number of para-hydroxylation sites is 1. The lowest BCUT2D eigenvalue weighted by Gasteiger charge is -2.00. The molecule has 2 rings (SSSR count). The molecule has 7 nitrogen and oxygen atoms in total. The molecule has 0 aromatic heterocycles. The van der Waals surface area contributed by atoms with Crippen LogP contribution in [0, 0.1) is 41.0 Å². The lowest BCUT2D eigenvalue weighted by molar-refractivity contribution is -0.422. The van der Waals surface area contributed by atoms with Crippen LogP contribution in [0.2, 0.25) is 0 Å².